The molecule has 1 fully saturated rings. The molecule has 4 aromatic rings. The molecule has 7 nitrogen and oxygen atoms in total. The van der Waals surface area contributed by atoms with Crippen molar-refractivity contribution in [2.24, 2.45) is 0 Å². The second-order valence-corrected chi connectivity index (χ2v) is 9.62. The number of nitrogens with zero attached hydrogens (tertiary/aromatic N) is 3. The van der Waals surface area contributed by atoms with Crippen molar-refractivity contribution in [2.45, 2.75) is 19.9 Å². The molecule has 0 spiro atoms. The number of methoxy groups -OCH3 is 1. The van der Waals surface area contributed by atoms with Crippen molar-refractivity contribution in [1.82, 2.24) is 9.97 Å². The maximum Gasteiger partial charge on any atom is 0.301 e. The number of thiazole rings is 1. The Morgan fingerprint density at radius 1 is 1.14 bits per heavy atom. The molecule has 0 radical (unpaired) electrons. The van der Waals surface area contributed by atoms with E-state index in [1.807, 2.05) is 19.9 Å². The highest BCUT2D eigenvalue weighted by Crippen LogP contribution is 2.44. The monoisotopic (exact) mass is 505 g/mol. The summed E-state index contributed by atoms with van der Waals surface area (Å²) in [5.74, 6) is -1.19. The maximum absolute atomic E-state index is 13.3. The van der Waals surface area contributed by atoms with Crippen LogP contribution in [0.3, 0.4) is 0 Å². The second kappa shape index (κ2) is 8.79. The average Bonchev–Trinajstić information content (AvgIpc) is 3.37. The SMILES string of the molecule is COc1ccc(/C(O)=C2\C(=O)C(=O)N(c3nc4cc(Cl)c(C)cc4s3)C2c2cccnc2)cc1C. The predicted molar refractivity (Wildman–Crippen MR) is 136 cm³/mol. The number of anilines is 1. The summed E-state index contributed by atoms with van der Waals surface area (Å²) >= 11 is 7.55. The Labute approximate surface area is 210 Å². The number of hydrogen-bond donors (Lipinski definition) is 1. The Hall–Kier alpha value is -3.75. The molecular weight excluding hydrogens is 486 g/mol. The van der Waals surface area contributed by atoms with Gasteiger partial charge in [-0.1, -0.05) is 29.0 Å². The number of carbonyl (C=O) groups excluding carboxylic acids is 2. The van der Waals surface area contributed by atoms with Crippen LogP contribution in [0.1, 0.15) is 28.3 Å². The number of aromatic nitrogens is 2. The minimum Gasteiger partial charge on any atom is -0.507 e. The zero-order valence-electron chi connectivity index (χ0n) is 19.1. The van der Waals surface area contributed by atoms with Gasteiger partial charge in [0.25, 0.3) is 5.78 Å². The number of halogens is 1. The van der Waals surface area contributed by atoms with E-state index in [4.69, 9.17) is 16.3 Å². The van der Waals surface area contributed by atoms with Crippen molar-refractivity contribution in [2.75, 3.05) is 12.0 Å². The summed E-state index contributed by atoms with van der Waals surface area (Å²) in [7, 11) is 1.56. The number of hydrogen-bond acceptors (Lipinski definition) is 7. The van der Waals surface area contributed by atoms with Crippen LogP contribution in [0.15, 0.2) is 60.4 Å². The van der Waals surface area contributed by atoms with Gasteiger partial charge in [-0.15, -0.1) is 0 Å². The zero-order chi connectivity index (χ0) is 24.9. The fourth-order valence-electron chi connectivity index (χ4n) is 4.21. The second-order valence-electron chi connectivity index (χ2n) is 8.21. The molecule has 1 N–H and O–H groups in total. The molecule has 0 bridgehead atoms. The molecule has 5 rings (SSSR count). The van der Waals surface area contributed by atoms with E-state index in [9.17, 15) is 14.7 Å². The molecule has 2 aromatic carbocycles. The van der Waals surface area contributed by atoms with Crippen molar-refractivity contribution in [3.05, 3.63) is 87.7 Å². The standard InChI is InChI=1S/C26H20ClN3O4S/c1-13-10-20-18(11-17(13)27)29-26(35-20)30-22(16-5-4-8-28-12-16)21(24(32)25(30)33)23(31)15-6-7-19(34-3)14(2)9-15/h4-12,22,31H,1-3H3/b23-21+. The molecule has 1 amide bonds. The van der Waals surface area contributed by atoms with Crippen molar-refractivity contribution in [3.63, 3.8) is 0 Å². The number of amides is 1. The number of ketones is 1. The Balaban J connectivity index is 1.71. The number of benzene rings is 2. The average molecular weight is 506 g/mol. The number of pyridine rings is 1. The molecular formula is C26H20ClN3O4S. The molecule has 1 aliphatic heterocycles. The van der Waals surface area contributed by atoms with E-state index >= 15 is 0 Å². The van der Waals surface area contributed by atoms with E-state index < -0.39 is 17.7 Å². The number of rotatable bonds is 4. The van der Waals surface area contributed by atoms with Gasteiger partial charge in [0.1, 0.15) is 11.5 Å². The lowest BCUT2D eigenvalue weighted by atomic mass is 9.96. The van der Waals surface area contributed by atoms with Crippen LogP contribution in [0.4, 0.5) is 5.13 Å². The summed E-state index contributed by atoms with van der Waals surface area (Å²) in [6.07, 6.45) is 3.18. The first-order chi connectivity index (χ1) is 16.8. The quantitative estimate of drug-likeness (QED) is 0.220. The van der Waals surface area contributed by atoms with Crippen molar-refractivity contribution in [3.8, 4) is 5.75 Å². The first-order valence-electron chi connectivity index (χ1n) is 10.7. The number of aliphatic hydroxyl groups is 1. The highest BCUT2D eigenvalue weighted by Gasteiger charge is 2.48. The van der Waals surface area contributed by atoms with Gasteiger partial charge < -0.3 is 9.84 Å². The van der Waals surface area contributed by atoms with Crippen LogP contribution >= 0.6 is 22.9 Å². The maximum atomic E-state index is 13.3. The fraction of sp³-hybridized carbons (Fsp3) is 0.154. The van der Waals surface area contributed by atoms with Gasteiger partial charge in [0.05, 0.1) is 28.9 Å². The number of Topliss-reactive ketones (excluding diaryl/α,β-unsaturated/α-hetero) is 1. The van der Waals surface area contributed by atoms with Crippen LogP contribution in [-0.4, -0.2) is 33.9 Å². The first kappa shape index (κ1) is 23.0. The molecule has 1 aliphatic rings. The molecule has 3 heterocycles. The van der Waals surface area contributed by atoms with Crippen LogP contribution in [0, 0.1) is 13.8 Å². The van der Waals surface area contributed by atoms with Gasteiger partial charge in [-0.2, -0.15) is 0 Å². The van der Waals surface area contributed by atoms with Gasteiger partial charge in [0, 0.05) is 23.0 Å². The van der Waals surface area contributed by atoms with Crippen molar-refractivity contribution < 1.29 is 19.4 Å². The Bertz CT molecular complexity index is 1490. The van der Waals surface area contributed by atoms with E-state index in [2.05, 4.69) is 9.97 Å². The molecule has 0 aliphatic carbocycles. The normalized spacial score (nSPS) is 17.4. The number of ether oxygens (including phenoxy) is 1. The van der Waals surface area contributed by atoms with Crippen LogP contribution in [0.5, 0.6) is 5.75 Å². The predicted octanol–water partition coefficient (Wildman–Crippen LogP) is 5.60. The third kappa shape index (κ3) is 3.84. The number of aryl methyl sites for hydroxylation is 2. The van der Waals surface area contributed by atoms with Crippen molar-refractivity contribution in [1.29, 1.82) is 0 Å². The van der Waals surface area contributed by atoms with E-state index in [1.54, 1.807) is 55.9 Å². The summed E-state index contributed by atoms with van der Waals surface area (Å²) in [5.41, 5.74) is 3.24. The Morgan fingerprint density at radius 2 is 1.94 bits per heavy atom. The number of aliphatic hydroxyl groups excluding tert-OH is 1. The number of fused-ring (bicyclic) bond motifs is 1. The highest BCUT2D eigenvalue weighted by molar-refractivity contribution is 7.22. The lowest BCUT2D eigenvalue weighted by Crippen LogP contribution is -2.29. The van der Waals surface area contributed by atoms with Gasteiger partial charge in [-0.25, -0.2) is 4.98 Å². The third-order valence-electron chi connectivity index (χ3n) is 5.98. The van der Waals surface area contributed by atoms with Gasteiger partial charge in [0.15, 0.2) is 5.13 Å². The molecule has 1 unspecified atom stereocenters. The molecule has 35 heavy (non-hydrogen) atoms. The Morgan fingerprint density at radius 3 is 2.63 bits per heavy atom. The molecule has 176 valence electrons. The first-order valence-corrected chi connectivity index (χ1v) is 11.9. The van der Waals surface area contributed by atoms with Gasteiger partial charge >= 0.3 is 5.91 Å². The molecule has 9 heteroatoms. The summed E-state index contributed by atoms with van der Waals surface area (Å²) in [4.78, 5) is 36.8. The molecule has 0 saturated carbocycles. The van der Waals surface area contributed by atoms with E-state index in [0.717, 1.165) is 15.8 Å². The van der Waals surface area contributed by atoms with Crippen LogP contribution in [0.2, 0.25) is 5.02 Å². The summed E-state index contributed by atoms with van der Waals surface area (Å²) in [6, 6.07) is 11.3. The van der Waals surface area contributed by atoms with Crippen LogP contribution in [0.25, 0.3) is 16.0 Å². The smallest absolute Gasteiger partial charge is 0.301 e. The molecule has 1 saturated heterocycles. The van der Waals surface area contributed by atoms with E-state index in [-0.39, 0.29) is 11.3 Å². The van der Waals surface area contributed by atoms with E-state index in [0.29, 0.717) is 32.5 Å². The van der Waals surface area contributed by atoms with Gasteiger partial charge in [0.2, 0.25) is 0 Å². The van der Waals surface area contributed by atoms with Crippen LogP contribution in [-0.2, 0) is 9.59 Å². The third-order valence-corrected chi connectivity index (χ3v) is 7.40. The minimum atomic E-state index is -0.900. The van der Waals surface area contributed by atoms with Gasteiger partial charge in [-0.05, 0) is 66.9 Å². The zero-order valence-corrected chi connectivity index (χ0v) is 20.6. The molecule has 2 aromatic heterocycles. The van der Waals surface area contributed by atoms with Crippen LogP contribution < -0.4 is 9.64 Å². The minimum absolute atomic E-state index is 0.0268. The summed E-state index contributed by atoms with van der Waals surface area (Å²) < 4.78 is 6.14. The summed E-state index contributed by atoms with van der Waals surface area (Å²) in [6.45, 7) is 3.72. The highest BCUT2D eigenvalue weighted by atomic mass is 35.5. The van der Waals surface area contributed by atoms with Crippen molar-refractivity contribution >= 4 is 55.7 Å². The lowest BCUT2D eigenvalue weighted by Gasteiger charge is -2.22. The Kier molecular flexibility index (Phi) is 5.78. The lowest BCUT2D eigenvalue weighted by molar-refractivity contribution is -0.132. The largest absolute Gasteiger partial charge is 0.507 e. The summed E-state index contributed by atoms with van der Waals surface area (Å²) in [5, 5.41) is 12.2. The number of carbonyl (C=O) groups is 2. The topological polar surface area (TPSA) is 92.6 Å². The van der Waals surface area contributed by atoms with Gasteiger partial charge in [-0.3, -0.25) is 19.5 Å². The van der Waals surface area contributed by atoms with E-state index in [1.165, 1.54) is 16.2 Å². The fourth-order valence-corrected chi connectivity index (χ4v) is 5.44. The molecule has 1 atom stereocenters.